The molecule has 7 nitrogen and oxygen atoms in total. The molecule has 0 spiro atoms. The minimum absolute atomic E-state index is 0.0135. The van der Waals surface area contributed by atoms with E-state index < -0.39 is 11.8 Å². The molecule has 0 saturated carbocycles. The summed E-state index contributed by atoms with van der Waals surface area (Å²) < 4.78 is 5.54. The Kier molecular flexibility index (Phi) is 6.89. The van der Waals surface area contributed by atoms with Crippen LogP contribution >= 0.6 is 11.6 Å². The van der Waals surface area contributed by atoms with E-state index in [0.29, 0.717) is 35.0 Å². The SMILES string of the molecule is CCOc1ccccc1NC(=O)c1ccc(NC2=C(Cl)C(=O)N(c3cccc(C)c3C)C2=O)cc1. The second-order valence-corrected chi connectivity index (χ2v) is 8.32. The number of amides is 3. The van der Waals surface area contributed by atoms with Gasteiger partial charge in [-0.2, -0.15) is 0 Å². The monoisotopic (exact) mass is 489 g/mol. The molecule has 8 heteroatoms. The van der Waals surface area contributed by atoms with Crippen molar-refractivity contribution in [2.45, 2.75) is 20.8 Å². The number of imide groups is 1. The number of anilines is 3. The van der Waals surface area contributed by atoms with Crippen LogP contribution in [0.15, 0.2) is 77.5 Å². The molecule has 4 rings (SSSR count). The fraction of sp³-hybridized carbons (Fsp3) is 0.148. The van der Waals surface area contributed by atoms with Gasteiger partial charge in [-0.1, -0.05) is 35.9 Å². The number of rotatable bonds is 7. The number of hydrogen-bond donors (Lipinski definition) is 2. The number of nitrogens with one attached hydrogen (secondary N) is 2. The number of nitrogens with zero attached hydrogens (tertiary/aromatic N) is 1. The standard InChI is InChI=1S/C27H24ClN3O4/c1-4-35-22-11-6-5-9-20(22)30-25(32)18-12-14-19(15-13-18)29-24-23(28)26(33)31(27(24)34)21-10-7-8-16(2)17(21)3/h5-15,29H,4H2,1-3H3,(H,30,32). The number of carbonyl (C=O) groups excluding carboxylic acids is 3. The zero-order valence-corrected chi connectivity index (χ0v) is 20.3. The van der Waals surface area contributed by atoms with Gasteiger partial charge in [-0.25, -0.2) is 4.90 Å². The first kappa shape index (κ1) is 24.0. The molecule has 0 unspecified atom stereocenters. The Balaban J connectivity index is 1.50. The third-order valence-corrected chi connectivity index (χ3v) is 6.05. The average Bonchev–Trinajstić information content (AvgIpc) is 3.06. The van der Waals surface area contributed by atoms with E-state index in [1.54, 1.807) is 48.5 Å². The molecule has 0 atom stereocenters. The summed E-state index contributed by atoms with van der Waals surface area (Å²) in [7, 11) is 0. The second kappa shape index (κ2) is 10.0. The molecule has 178 valence electrons. The smallest absolute Gasteiger partial charge is 0.283 e. The Hall–Kier alpha value is -4.10. The van der Waals surface area contributed by atoms with Crippen LogP contribution in [0.25, 0.3) is 0 Å². The molecule has 3 aromatic rings. The third-order valence-electron chi connectivity index (χ3n) is 5.70. The number of hydrogen-bond acceptors (Lipinski definition) is 5. The zero-order chi connectivity index (χ0) is 25.1. The highest BCUT2D eigenvalue weighted by atomic mass is 35.5. The highest BCUT2D eigenvalue weighted by Crippen LogP contribution is 2.33. The van der Waals surface area contributed by atoms with E-state index >= 15 is 0 Å². The summed E-state index contributed by atoms with van der Waals surface area (Å²) in [4.78, 5) is 39.6. The molecule has 2 N–H and O–H groups in total. The first-order valence-corrected chi connectivity index (χ1v) is 11.4. The van der Waals surface area contributed by atoms with Crippen molar-refractivity contribution in [2.75, 3.05) is 22.1 Å². The van der Waals surface area contributed by atoms with Crippen molar-refractivity contribution < 1.29 is 19.1 Å². The van der Waals surface area contributed by atoms with Crippen LogP contribution in [0, 0.1) is 13.8 Å². The Morgan fingerprint density at radius 1 is 0.943 bits per heavy atom. The number of halogens is 1. The van der Waals surface area contributed by atoms with Crippen LogP contribution in [0.2, 0.25) is 0 Å². The molecule has 35 heavy (non-hydrogen) atoms. The number of aryl methyl sites for hydroxylation is 1. The topological polar surface area (TPSA) is 87.7 Å². The van der Waals surface area contributed by atoms with Gasteiger partial charge in [-0.3, -0.25) is 14.4 Å². The fourth-order valence-corrected chi connectivity index (χ4v) is 3.92. The lowest BCUT2D eigenvalue weighted by Gasteiger charge is -2.18. The van der Waals surface area contributed by atoms with Crippen molar-refractivity contribution in [1.82, 2.24) is 0 Å². The molecule has 3 aromatic carbocycles. The third kappa shape index (κ3) is 4.76. The van der Waals surface area contributed by atoms with Crippen LogP contribution in [0.4, 0.5) is 17.1 Å². The number of para-hydroxylation sites is 2. The lowest BCUT2D eigenvalue weighted by molar-refractivity contribution is -0.120. The summed E-state index contributed by atoms with van der Waals surface area (Å²) in [5.74, 6) is -0.852. The van der Waals surface area contributed by atoms with Gasteiger partial charge in [0.2, 0.25) is 0 Å². The van der Waals surface area contributed by atoms with Crippen LogP contribution in [0.3, 0.4) is 0 Å². The Morgan fingerprint density at radius 3 is 2.37 bits per heavy atom. The van der Waals surface area contributed by atoms with E-state index in [9.17, 15) is 14.4 Å². The second-order valence-electron chi connectivity index (χ2n) is 7.94. The molecule has 0 saturated heterocycles. The number of benzene rings is 3. The van der Waals surface area contributed by atoms with Crippen molar-refractivity contribution in [3.8, 4) is 5.75 Å². The van der Waals surface area contributed by atoms with Gasteiger partial charge in [0.15, 0.2) is 0 Å². The van der Waals surface area contributed by atoms with Gasteiger partial charge < -0.3 is 15.4 Å². The molecule has 0 aliphatic carbocycles. The molecule has 0 fully saturated rings. The summed E-state index contributed by atoms with van der Waals surface area (Å²) in [6.45, 7) is 6.11. The van der Waals surface area contributed by atoms with E-state index in [1.807, 2.05) is 39.0 Å². The maximum absolute atomic E-state index is 13.1. The van der Waals surface area contributed by atoms with Crippen LogP contribution in [-0.4, -0.2) is 24.3 Å². The Labute approximate surface area is 208 Å². The predicted molar refractivity (Wildman–Crippen MR) is 137 cm³/mol. The fourth-order valence-electron chi connectivity index (χ4n) is 3.70. The maximum atomic E-state index is 13.1. The van der Waals surface area contributed by atoms with Gasteiger partial charge >= 0.3 is 0 Å². The summed E-state index contributed by atoms with van der Waals surface area (Å²) >= 11 is 6.25. The van der Waals surface area contributed by atoms with E-state index in [-0.39, 0.29) is 16.6 Å². The highest BCUT2D eigenvalue weighted by Gasteiger charge is 2.39. The summed E-state index contributed by atoms with van der Waals surface area (Å²) in [6.07, 6.45) is 0. The number of carbonyl (C=O) groups is 3. The van der Waals surface area contributed by atoms with Crippen molar-refractivity contribution in [3.63, 3.8) is 0 Å². The largest absolute Gasteiger partial charge is 0.492 e. The molecule has 3 amide bonds. The van der Waals surface area contributed by atoms with Gasteiger partial charge in [0.1, 0.15) is 16.5 Å². The lowest BCUT2D eigenvalue weighted by Crippen LogP contribution is -2.33. The van der Waals surface area contributed by atoms with Gasteiger partial charge in [0.25, 0.3) is 17.7 Å². The van der Waals surface area contributed by atoms with Crippen molar-refractivity contribution >= 4 is 46.4 Å². The minimum atomic E-state index is -0.586. The summed E-state index contributed by atoms with van der Waals surface area (Å²) in [6, 6.07) is 19.1. The Bertz CT molecular complexity index is 1350. The summed E-state index contributed by atoms with van der Waals surface area (Å²) in [5.41, 5.74) is 3.75. The molecular weight excluding hydrogens is 466 g/mol. The van der Waals surface area contributed by atoms with Crippen molar-refractivity contribution in [2.24, 2.45) is 0 Å². The molecule has 1 aliphatic rings. The molecule has 1 heterocycles. The maximum Gasteiger partial charge on any atom is 0.283 e. The normalized spacial score (nSPS) is 13.3. The van der Waals surface area contributed by atoms with E-state index in [0.717, 1.165) is 16.0 Å². The zero-order valence-electron chi connectivity index (χ0n) is 19.5. The van der Waals surface area contributed by atoms with Crippen molar-refractivity contribution in [1.29, 1.82) is 0 Å². The average molecular weight is 490 g/mol. The number of ether oxygens (including phenoxy) is 1. The van der Waals surface area contributed by atoms with Gasteiger partial charge in [-0.15, -0.1) is 0 Å². The lowest BCUT2D eigenvalue weighted by atomic mass is 10.1. The minimum Gasteiger partial charge on any atom is -0.492 e. The molecule has 0 radical (unpaired) electrons. The molecule has 0 bridgehead atoms. The molecular formula is C27H24ClN3O4. The van der Waals surface area contributed by atoms with Crippen LogP contribution < -0.4 is 20.3 Å². The van der Waals surface area contributed by atoms with E-state index in [4.69, 9.17) is 16.3 Å². The van der Waals surface area contributed by atoms with E-state index in [1.165, 1.54) is 0 Å². The van der Waals surface area contributed by atoms with Gasteiger partial charge in [0, 0.05) is 11.3 Å². The van der Waals surface area contributed by atoms with Crippen LogP contribution in [0.1, 0.15) is 28.4 Å². The van der Waals surface area contributed by atoms with Gasteiger partial charge in [-0.05, 0) is 74.4 Å². The van der Waals surface area contributed by atoms with E-state index in [2.05, 4.69) is 10.6 Å². The summed E-state index contributed by atoms with van der Waals surface area (Å²) in [5, 5.41) is 5.58. The van der Waals surface area contributed by atoms with Crippen molar-refractivity contribution in [3.05, 3.63) is 94.1 Å². The van der Waals surface area contributed by atoms with Gasteiger partial charge in [0.05, 0.1) is 18.0 Å². The highest BCUT2D eigenvalue weighted by molar-refractivity contribution is 6.53. The van der Waals surface area contributed by atoms with Crippen LogP contribution in [-0.2, 0) is 9.59 Å². The molecule has 0 aromatic heterocycles. The molecule has 1 aliphatic heterocycles. The Morgan fingerprint density at radius 2 is 1.66 bits per heavy atom. The first-order chi connectivity index (χ1) is 16.8. The first-order valence-electron chi connectivity index (χ1n) is 11.1. The predicted octanol–water partition coefficient (Wildman–Crippen LogP) is 5.39. The quantitative estimate of drug-likeness (QED) is 0.434. The van der Waals surface area contributed by atoms with Crippen LogP contribution in [0.5, 0.6) is 5.75 Å².